The van der Waals surface area contributed by atoms with Crippen LogP contribution in [0.25, 0.3) is 0 Å². The fraction of sp³-hybridized carbons (Fsp3) is 0.611. The van der Waals surface area contributed by atoms with Crippen LogP contribution in [-0.2, 0) is 5.41 Å². The fourth-order valence-electron chi connectivity index (χ4n) is 4.63. The van der Waals surface area contributed by atoms with E-state index in [1.165, 1.54) is 37.9 Å². The van der Waals surface area contributed by atoms with Gasteiger partial charge in [0.1, 0.15) is 0 Å². The normalized spacial score (nSPS) is 38.7. The number of nitrogens with one attached hydrogen (secondary N) is 1. The van der Waals surface area contributed by atoms with E-state index in [9.17, 15) is 5.26 Å². The molecule has 0 amide bonds. The lowest BCUT2D eigenvalue weighted by Crippen LogP contribution is -2.55. The molecular formula is C18H23N3. The van der Waals surface area contributed by atoms with Gasteiger partial charge in [0.15, 0.2) is 0 Å². The average Bonchev–Trinajstić information content (AvgIpc) is 3.08. The van der Waals surface area contributed by atoms with Crippen molar-refractivity contribution < 1.29 is 0 Å². The van der Waals surface area contributed by atoms with Crippen molar-refractivity contribution >= 4 is 0 Å². The number of fused-ring (bicyclic) bond motifs is 1. The van der Waals surface area contributed by atoms with Crippen LogP contribution in [0.2, 0.25) is 0 Å². The van der Waals surface area contributed by atoms with Gasteiger partial charge in [0.05, 0.1) is 11.5 Å². The van der Waals surface area contributed by atoms with Crippen molar-refractivity contribution in [2.24, 2.45) is 0 Å². The van der Waals surface area contributed by atoms with Crippen LogP contribution in [0.5, 0.6) is 0 Å². The molecule has 2 heterocycles. The molecule has 1 aromatic carbocycles. The molecule has 0 radical (unpaired) electrons. The number of nitrogens with zero attached hydrogens (tertiary/aromatic N) is 2. The zero-order chi connectivity index (χ0) is 14.3. The van der Waals surface area contributed by atoms with Crippen molar-refractivity contribution in [2.45, 2.75) is 55.6 Å². The average molecular weight is 281 g/mol. The molecule has 3 aliphatic rings. The Kier molecular flexibility index (Phi) is 3.24. The van der Waals surface area contributed by atoms with Gasteiger partial charge in [-0.15, -0.1) is 0 Å². The third-order valence-corrected chi connectivity index (χ3v) is 5.79. The molecule has 3 nitrogen and oxygen atoms in total. The molecule has 4 rings (SSSR count). The van der Waals surface area contributed by atoms with Gasteiger partial charge in [-0.3, -0.25) is 4.90 Å². The fourth-order valence-corrected chi connectivity index (χ4v) is 4.63. The molecule has 2 atom stereocenters. The number of benzene rings is 1. The van der Waals surface area contributed by atoms with Gasteiger partial charge in [0, 0.05) is 24.7 Å². The van der Waals surface area contributed by atoms with Crippen LogP contribution in [0.15, 0.2) is 30.3 Å². The van der Waals surface area contributed by atoms with Gasteiger partial charge in [-0.1, -0.05) is 30.3 Å². The highest BCUT2D eigenvalue weighted by Gasteiger charge is 2.48. The molecule has 0 bridgehead atoms. The van der Waals surface area contributed by atoms with E-state index in [2.05, 4.69) is 28.4 Å². The predicted molar refractivity (Wildman–Crippen MR) is 82.9 cm³/mol. The summed E-state index contributed by atoms with van der Waals surface area (Å²) in [6, 6.07) is 14.8. The summed E-state index contributed by atoms with van der Waals surface area (Å²) < 4.78 is 0. The highest BCUT2D eigenvalue weighted by molar-refractivity contribution is 5.37. The molecule has 21 heavy (non-hydrogen) atoms. The summed E-state index contributed by atoms with van der Waals surface area (Å²) in [7, 11) is 0. The van der Waals surface area contributed by atoms with E-state index in [0.717, 1.165) is 18.9 Å². The Morgan fingerprint density at radius 3 is 2.71 bits per heavy atom. The van der Waals surface area contributed by atoms with E-state index in [1.54, 1.807) is 0 Å². The number of nitriles is 1. The van der Waals surface area contributed by atoms with Gasteiger partial charge in [-0.2, -0.15) is 5.26 Å². The van der Waals surface area contributed by atoms with Crippen LogP contribution in [0.3, 0.4) is 0 Å². The second-order valence-electron chi connectivity index (χ2n) is 6.97. The van der Waals surface area contributed by atoms with Gasteiger partial charge in [0.2, 0.25) is 0 Å². The largest absolute Gasteiger partial charge is 0.309 e. The molecule has 1 saturated carbocycles. The third kappa shape index (κ3) is 2.18. The van der Waals surface area contributed by atoms with Crippen molar-refractivity contribution in [1.82, 2.24) is 10.2 Å². The van der Waals surface area contributed by atoms with Crippen LogP contribution in [0.4, 0.5) is 0 Å². The van der Waals surface area contributed by atoms with Crippen LogP contribution in [0, 0.1) is 11.3 Å². The molecular weight excluding hydrogens is 258 g/mol. The zero-order valence-electron chi connectivity index (χ0n) is 12.5. The maximum Gasteiger partial charge on any atom is 0.0852 e. The Hall–Kier alpha value is -1.37. The molecule has 2 unspecified atom stereocenters. The van der Waals surface area contributed by atoms with E-state index in [-0.39, 0.29) is 5.41 Å². The molecule has 0 aromatic heterocycles. The molecule has 2 saturated heterocycles. The van der Waals surface area contributed by atoms with Gasteiger partial charge in [0.25, 0.3) is 0 Å². The Labute approximate surface area is 126 Å². The number of hydrogen-bond donors (Lipinski definition) is 1. The summed E-state index contributed by atoms with van der Waals surface area (Å²) in [4.78, 5) is 2.64. The highest BCUT2D eigenvalue weighted by Crippen LogP contribution is 2.44. The monoisotopic (exact) mass is 281 g/mol. The minimum Gasteiger partial charge on any atom is -0.309 e. The zero-order valence-corrected chi connectivity index (χ0v) is 12.5. The van der Waals surface area contributed by atoms with Gasteiger partial charge in [-0.25, -0.2) is 0 Å². The van der Waals surface area contributed by atoms with Crippen molar-refractivity contribution in [1.29, 1.82) is 5.26 Å². The Morgan fingerprint density at radius 1 is 1.14 bits per heavy atom. The molecule has 3 fully saturated rings. The van der Waals surface area contributed by atoms with Crippen molar-refractivity contribution in [2.75, 3.05) is 13.1 Å². The highest BCUT2D eigenvalue weighted by atomic mass is 15.2. The first-order valence-corrected chi connectivity index (χ1v) is 8.28. The molecule has 1 aliphatic carbocycles. The Balaban J connectivity index is 1.39. The van der Waals surface area contributed by atoms with Gasteiger partial charge < -0.3 is 5.32 Å². The Morgan fingerprint density at radius 2 is 1.95 bits per heavy atom. The van der Waals surface area contributed by atoms with Gasteiger partial charge in [-0.05, 0) is 44.2 Å². The molecule has 2 aliphatic heterocycles. The molecule has 1 aromatic rings. The molecule has 0 spiro atoms. The topological polar surface area (TPSA) is 39.1 Å². The predicted octanol–water partition coefficient (Wildman–Crippen LogP) is 2.44. The van der Waals surface area contributed by atoms with E-state index in [4.69, 9.17) is 0 Å². The standard InChI is InChI=1S/C18H23N3/c19-13-18(14-5-2-1-3-6-14)11-15(12-18)20-16-8-10-21-9-4-7-17(16)21/h1-3,5-6,15-17,20H,4,7-12H2. The second kappa shape index (κ2) is 5.12. The van der Waals surface area contributed by atoms with Gasteiger partial charge >= 0.3 is 0 Å². The minimum absolute atomic E-state index is 0.243. The van der Waals surface area contributed by atoms with Crippen LogP contribution in [-0.4, -0.2) is 36.1 Å². The summed E-state index contributed by atoms with van der Waals surface area (Å²) in [5.41, 5.74) is 0.951. The lowest BCUT2D eigenvalue weighted by atomic mass is 9.62. The van der Waals surface area contributed by atoms with Crippen LogP contribution in [0.1, 0.15) is 37.7 Å². The molecule has 1 N–H and O–H groups in total. The van der Waals surface area contributed by atoms with Crippen molar-refractivity contribution in [3.8, 4) is 6.07 Å². The number of hydrogen-bond acceptors (Lipinski definition) is 3. The molecule has 110 valence electrons. The summed E-state index contributed by atoms with van der Waals surface area (Å²) in [5.74, 6) is 0. The van der Waals surface area contributed by atoms with E-state index < -0.39 is 0 Å². The van der Waals surface area contributed by atoms with Crippen LogP contribution < -0.4 is 5.32 Å². The van der Waals surface area contributed by atoms with Crippen LogP contribution >= 0.6 is 0 Å². The number of rotatable bonds is 3. The van der Waals surface area contributed by atoms with E-state index in [1.807, 2.05) is 18.2 Å². The summed E-state index contributed by atoms with van der Waals surface area (Å²) in [5, 5.41) is 13.5. The molecule has 3 heteroatoms. The summed E-state index contributed by atoms with van der Waals surface area (Å²) >= 11 is 0. The van der Waals surface area contributed by atoms with Crippen molar-refractivity contribution in [3.63, 3.8) is 0 Å². The minimum atomic E-state index is -0.243. The summed E-state index contributed by atoms with van der Waals surface area (Å²) in [6.45, 7) is 2.55. The smallest absolute Gasteiger partial charge is 0.0852 e. The summed E-state index contributed by atoms with van der Waals surface area (Å²) in [6.07, 6.45) is 5.94. The van der Waals surface area contributed by atoms with E-state index >= 15 is 0 Å². The third-order valence-electron chi connectivity index (χ3n) is 5.79. The van der Waals surface area contributed by atoms with Crippen molar-refractivity contribution in [3.05, 3.63) is 35.9 Å². The lowest BCUT2D eigenvalue weighted by molar-refractivity contribution is 0.194. The lowest BCUT2D eigenvalue weighted by Gasteiger charge is -2.45. The Bertz CT molecular complexity index is 541. The first-order valence-electron chi connectivity index (χ1n) is 8.28. The maximum atomic E-state index is 9.63. The van der Waals surface area contributed by atoms with E-state index in [0.29, 0.717) is 12.1 Å². The SMILES string of the molecule is N#CC1(c2ccccc2)CC(NC2CCN3CCCC23)C1. The first-order chi connectivity index (χ1) is 10.3. The first kappa shape index (κ1) is 13.3. The quantitative estimate of drug-likeness (QED) is 0.925. The maximum absolute atomic E-state index is 9.63. The second-order valence-corrected chi connectivity index (χ2v) is 6.97.